The Morgan fingerprint density at radius 2 is 2.03 bits per heavy atom. The van der Waals surface area contributed by atoms with Gasteiger partial charge in [0.1, 0.15) is 19.0 Å². The summed E-state index contributed by atoms with van der Waals surface area (Å²) in [6, 6.07) is 15.5. The van der Waals surface area contributed by atoms with Crippen molar-refractivity contribution in [2.24, 2.45) is 0 Å². The van der Waals surface area contributed by atoms with E-state index in [1.807, 2.05) is 58.0 Å². The molecule has 1 amide bonds. The van der Waals surface area contributed by atoms with Gasteiger partial charge in [-0.3, -0.25) is 14.8 Å². The minimum atomic E-state index is -0.0834. The average molecular weight is 476 g/mol. The normalized spacial score (nSPS) is 15.8. The summed E-state index contributed by atoms with van der Waals surface area (Å²) in [5.74, 6) is 0.793. The second kappa shape index (κ2) is 9.91. The van der Waals surface area contributed by atoms with Crippen LogP contribution in [-0.2, 0) is 29.1 Å². The van der Waals surface area contributed by atoms with E-state index in [9.17, 15) is 4.79 Å². The number of aromatic nitrogens is 4. The van der Waals surface area contributed by atoms with Crippen molar-refractivity contribution in [2.75, 3.05) is 13.7 Å². The van der Waals surface area contributed by atoms with Gasteiger partial charge in [-0.05, 0) is 42.7 Å². The second-order valence-electron chi connectivity index (χ2n) is 8.52. The Bertz CT molecular complexity index is 1320. The summed E-state index contributed by atoms with van der Waals surface area (Å²) in [4.78, 5) is 29.4. The zero-order valence-corrected chi connectivity index (χ0v) is 19.8. The molecule has 1 fully saturated rings. The number of imidazole rings is 1. The van der Waals surface area contributed by atoms with E-state index in [-0.39, 0.29) is 18.5 Å². The van der Waals surface area contributed by atoms with Crippen molar-refractivity contribution in [3.05, 3.63) is 88.7 Å². The summed E-state index contributed by atoms with van der Waals surface area (Å²) < 4.78 is 7.29. The van der Waals surface area contributed by atoms with E-state index in [4.69, 9.17) is 21.3 Å². The lowest BCUT2D eigenvalue weighted by molar-refractivity contribution is -0.132. The van der Waals surface area contributed by atoms with Crippen LogP contribution in [0.15, 0.2) is 60.9 Å². The fourth-order valence-electron chi connectivity index (χ4n) is 4.66. The zero-order valence-electron chi connectivity index (χ0n) is 19.0. The van der Waals surface area contributed by atoms with E-state index < -0.39 is 0 Å². The maximum absolute atomic E-state index is 13.5. The third-order valence-corrected chi connectivity index (χ3v) is 6.43. The number of hydrogen-bond donors (Lipinski definition) is 0. The number of rotatable bonds is 7. The topological polar surface area (TPSA) is 73.1 Å². The van der Waals surface area contributed by atoms with Crippen LogP contribution in [0.1, 0.15) is 41.7 Å². The third kappa shape index (κ3) is 4.67. The van der Waals surface area contributed by atoms with Crippen LogP contribution in [0.3, 0.4) is 0 Å². The molecule has 0 saturated carbocycles. The van der Waals surface area contributed by atoms with Gasteiger partial charge in [-0.15, -0.1) is 0 Å². The number of amides is 1. The molecule has 0 radical (unpaired) electrons. The molecule has 0 N–H and O–H groups in total. The van der Waals surface area contributed by atoms with E-state index in [1.165, 1.54) is 0 Å². The minimum Gasteiger partial charge on any atom is -0.377 e. The Morgan fingerprint density at radius 3 is 2.88 bits per heavy atom. The molecule has 2 aromatic heterocycles. The zero-order chi connectivity index (χ0) is 23.5. The van der Waals surface area contributed by atoms with E-state index >= 15 is 0 Å². The molecule has 174 valence electrons. The molecule has 7 nitrogen and oxygen atoms in total. The third-order valence-electron chi connectivity index (χ3n) is 6.19. The highest BCUT2D eigenvalue weighted by molar-refractivity contribution is 6.30. The van der Waals surface area contributed by atoms with Crippen molar-refractivity contribution in [3.63, 3.8) is 0 Å². The number of ether oxygens (including phenoxy) is 1. The molecule has 1 aliphatic rings. The Morgan fingerprint density at radius 1 is 1.15 bits per heavy atom. The van der Waals surface area contributed by atoms with Gasteiger partial charge < -0.3 is 14.2 Å². The standard InChI is InChI=1S/C26H26ClN5O2/c1-34-17-25-30-21-8-2-3-9-23(21)32(25)16-26(33)31-11-5-10-24(31)22-15-28-14-20(29-22)13-18-6-4-7-19(27)12-18/h2-4,6-9,12,14-15,24H,5,10-11,13,16-17H2,1H3/t24-/m0/s1. The molecule has 5 rings (SSSR count). The number of para-hydroxylation sites is 2. The molecule has 0 aliphatic carbocycles. The lowest BCUT2D eigenvalue weighted by Gasteiger charge is -2.25. The summed E-state index contributed by atoms with van der Waals surface area (Å²) in [6.07, 6.45) is 6.01. The van der Waals surface area contributed by atoms with Crippen molar-refractivity contribution >= 4 is 28.5 Å². The number of methoxy groups -OCH3 is 1. The molecule has 1 atom stereocenters. The van der Waals surface area contributed by atoms with Crippen LogP contribution >= 0.6 is 11.6 Å². The lowest BCUT2D eigenvalue weighted by Crippen LogP contribution is -2.34. The van der Waals surface area contributed by atoms with Crippen LogP contribution in [0, 0.1) is 0 Å². The second-order valence-corrected chi connectivity index (χ2v) is 8.96. The molecule has 8 heteroatoms. The predicted octanol–water partition coefficient (Wildman–Crippen LogP) is 4.58. The highest BCUT2D eigenvalue weighted by Gasteiger charge is 2.32. The predicted molar refractivity (Wildman–Crippen MR) is 130 cm³/mol. The Hall–Kier alpha value is -3.29. The molecule has 1 aliphatic heterocycles. The van der Waals surface area contributed by atoms with Crippen molar-refractivity contribution in [2.45, 2.75) is 38.5 Å². The quantitative estimate of drug-likeness (QED) is 0.391. The first-order valence-electron chi connectivity index (χ1n) is 11.4. The summed E-state index contributed by atoms with van der Waals surface area (Å²) in [7, 11) is 1.64. The molecular formula is C26H26ClN5O2. The molecular weight excluding hydrogens is 450 g/mol. The summed E-state index contributed by atoms with van der Waals surface area (Å²) in [6.45, 7) is 1.27. The van der Waals surface area contributed by atoms with Gasteiger partial charge in [0, 0.05) is 31.3 Å². The van der Waals surface area contributed by atoms with Crippen LogP contribution in [-0.4, -0.2) is 44.0 Å². The van der Waals surface area contributed by atoms with Crippen LogP contribution < -0.4 is 0 Å². The van der Waals surface area contributed by atoms with Crippen molar-refractivity contribution in [1.82, 2.24) is 24.4 Å². The van der Waals surface area contributed by atoms with Gasteiger partial charge in [0.05, 0.1) is 34.7 Å². The van der Waals surface area contributed by atoms with Gasteiger partial charge in [-0.2, -0.15) is 0 Å². The minimum absolute atomic E-state index is 0.0463. The van der Waals surface area contributed by atoms with Crippen molar-refractivity contribution in [3.8, 4) is 0 Å². The smallest absolute Gasteiger partial charge is 0.243 e. The summed E-state index contributed by atoms with van der Waals surface area (Å²) in [5.41, 5.74) is 4.57. The van der Waals surface area contributed by atoms with E-state index in [2.05, 4.69) is 9.97 Å². The maximum atomic E-state index is 13.5. The molecule has 2 aromatic carbocycles. The lowest BCUT2D eigenvalue weighted by atomic mass is 10.1. The number of benzene rings is 2. The number of halogens is 1. The van der Waals surface area contributed by atoms with Gasteiger partial charge in [-0.1, -0.05) is 35.9 Å². The first-order valence-corrected chi connectivity index (χ1v) is 11.8. The Kier molecular flexibility index (Phi) is 6.56. The number of carbonyl (C=O) groups excluding carboxylic acids is 1. The monoisotopic (exact) mass is 475 g/mol. The molecule has 34 heavy (non-hydrogen) atoms. The average Bonchev–Trinajstić information content (AvgIpc) is 3.45. The molecule has 1 saturated heterocycles. The first kappa shape index (κ1) is 22.5. The van der Waals surface area contributed by atoms with E-state index in [1.54, 1.807) is 19.5 Å². The first-order chi connectivity index (χ1) is 16.6. The molecule has 0 spiro atoms. The van der Waals surface area contributed by atoms with Crippen molar-refractivity contribution < 1.29 is 9.53 Å². The van der Waals surface area contributed by atoms with Gasteiger partial charge >= 0.3 is 0 Å². The fourth-order valence-corrected chi connectivity index (χ4v) is 4.88. The van der Waals surface area contributed by atoms with Crippen LogP contribution in [0.25, 0.3) is 11.0 Å². The van der Waals surface area contributed by atoms with Gasteiger partial charge in [0.25, 0.3) is 0 Å². The highest BCUT2D eigenvalue weighted by atomic mass is 35.5. The molecule has 3 heterocycles. The number of nitrogens with zero attached hydrogens (tertiary/aromatic N) is 5. The number of fused-ring (bicyclic) bond motifs is 1. The molecule has 4 aromatic rings. The van der Waals surface area contributed by atoms with Crippen LogP contribution in [0.4, 0.5) is 0 Å². The van der Waals surface area contributed by atoms with Gasteiger partial charge in [0.2, 0.25) is 5.91 Å². The SMILES string of the molecule is COCc1nc2ccccc2n1CC(=O)N1CCC[C@H]1c1cncc(Cc2cccc(Cl)c2)n1. The highest BCUT2D eigenvalue weighted by Crippen LogP contribution is 2.31. The largest absolute Gasteiger partial charge is 0.377 e. The Balaban J connectivity index is 1.37. The van der Waals surface area contributed by atoms with Gasteiger partial charge in [-0.25, -0.2) is 4.98 Å². The van der Waals surface area contributed by atoms with Crippen LogP contribution in [0.5, 0.6) is 0 Å². The molecule has 0 unspecified atom stereocenters. The number of carbonyl (C=O) groups is 1. The maximum Gasteiger partial charge on any atom is 0.243 e. The van der Waals surface area contributed by atoms with Gasteiger partial charge in [0.15, 0.2) is 0 Å². The van der Waals surface area contributed by atoms with Crippen molar-refractivity contribution in [1.29, 1.82) is 0 Å². The Labute approximate surface area is 203 Å². The number of hydrogen-bond acceptors (Lipinski definition) is 5. The number of likely N-dealkylation sites (tertiary alicyclic amines) is 1. The summed E-state index contributed by atoms with van der Waals surface area (Å²) >= 11 is 6.13. The molecule has 0 bridgehead atoms. The fraction of sp³-hybridized carbons (Fsp3) is 0.308. The van der Waals surface area contributed by atoms with Crippen LogP contribution in [0.2, 0.25) is 5.02 Å². The van der Waals surface area contributed by atoms with E-state index in [0.717, 1.165) is 46.7 Å². The summed E-state index contributed by atoms with van der Waals surface area (Å²) in [5, 5.41) is 0.703. The van der Waals surface area contributed by atoms with E-state index in [0.29, 0.717) is 24.6 Å².